The Labute approximate surface area is 202 Å². The number of fused-ring (bicyclic) bond motifs is 3. The van der Waals surface area contributed by atoms with Crippen molar-refractivity contribution in [2.75, 3.05) is 43.4 Å². The van der Waals surface area contributed by atoms with Crippen LogP contribution in [-0.4, -0.2) is 72.3 Å². The summed E-state index contributed by atoms with van der Waals surface area (Å²) in [7, 11) is 2.01. The molecule has 0 bridgehead atoms. The van der Waals surface area contributed by atoms with Gasteiger partial charge >= 0.3 is 0 Å². The summed E-state index contributed by atoms with van der Waals surface area (Å²) in [6.07, 6.45) is 1.62. The summed E-state index contributed by atoms with van der Waals surface area (Å²) in [4.78, 5) is 39.8. The van der Waals surface area contributed by atoms with Crippen LogP contribution in [0.3, 0.4) is 0 Å². The van der Waals surface area contributed by atoms with Crippen molar-refractivity contribution >= 4 is 51.0 Å². The first-order valence-electron chi connectivity index (χ1n) is 11.4. The van der Waals surface area contributed by atoms with Crippen molar-refractivity contribution in [1.82, 2.24) is 14.8 Å². The lowest BCUT2D eigenvalue weighted by Crippen LogP contribution is -2.50. The number of aryl methyl sites for hydroxylation is 2. The Morgan fingerprint density at radius 3 is 2.38 bits per heavy atom. The maximum atomic E-state index is 13.2. The second kappa shape index (κ2) is 8.72. The molecule has 3 heterocycles. The quantitative estimate of drug-likeness (QED) is 0.626. The number of carbonyl (C=O) groups is 2. The number of nitrogens with one attached hydrogen (secondary N) is 1. The molecule has 2 aromatic carbocycles. The summed E-state index contributed by atoms with van der Waals surface area (Å²) < 4.78 is 0.976. The van der Waals surface area contributed by atoms with Crippen molar-refractivity contribution < 1.29 is 9.59 Å². The Balaban J connectivity index is 1.41. The van der Waals surface area contributed by atoms with Crippen LogP contribution in [0.5, 0.6) is 0 Å². The number of nitrogens with zero attached hydrogens (tertiary/aromatic N) is 5. The molecule has 2 aliphatic rings. The van der Waals surface area contributed by atoms with E-state index < -0.39 is 0 Å². The van der Waals surface area contributed by atoms with Gasteiger partial charge in [-0.1, -0.05) is 6.07 Å². The second-order valence-corrected chi connectivity index (χ2v) is 9.95. The van der Waals surface area contributed by atoms with E-state index in [0.717, 1.165) is 27.2 Å². The molecule has 8 nitrogen and oxygen atoms in total. The molecule has 3 aromatic rings. The molecule has 2 aliphatic heterocycles. The fraction of sp³-hybridized carbons (Fsp3) is 0.360. The van der Waals surface area contributed by atoms with Gasteiger partial charge in [-0.05, 0) is 49.2 Å². The predicted octanol–water partition coefficient (Wildman–Crippen LogP) is 3.48. The Morgan fingerprint density at radius 1 is 1.03 bits per heavy atom. The highest BCUT2D eigenvalue weighted by molar-refractivity contribution is 7.21. The van der Waals surface area contributed by atoms with Crippen molar-refractivity contribution in [2.45, 2.75) is 27.1 Å². The molecule has 1 fully saturated rings. The van der Waals surface area contributed by atoms with Crippen molar-refractivity contribution in [3.8, 4) is 0 Å². The number of carbonyl (C=O) groups excluding carboxylic acids is 2. The molecule has 2 amide bonds. The van der Waals surface area contributed by atoms with Gasteiger partial charge in [0, 0.05) is 57.6 Å². The highest BCUT2D eigenvalue weighted by Crippen LogP contribution is 2.37. The first-order valence-corrected chi connectivity index (χ1v) is 12.2. The van der Waals surface area contributed by atoms with Gasteiger partial charge in [-0.25, -0.2) is 9.98 Å². The second-order valence-electron chi connectivity index (χ2n) is 8.95. The maximum Gasteiger partial charge on any atom is 0.282 e. The SMILES string of the molecule is CC(=O)N1CCN(C(=O)c2nc3ccc4c(c3s2)N(C)C(Nc2cc(C)cc(C)c2)N=C4)CC1. The third kappa shape index (κ3) is 4.11. The molecule has 9 heteroatoms. The summed E-state index contributed by atoms with van der Waals surface area (Å²) >= 11 is 1.42. The molecule has 0 radical (unpaired) electrons. The van der Waals surface area contributed by atoms with Crippen LogP contribution in [0, 0.1) is 13.8 Å². The summed E-state index contributed by atoms with van der Waals surface area (Å²) in [6.45, 7) is 7.91. The monoisotopic (exact) mass is 476 g/mol. The van der Waals surface area contributed by atoms with Gasteiger partial charge in [-0.3, -0.25) is 9.59 Å². The van der Waals surface area contributed by atoms with E-state index in [1.54, 1.807) is 16.7 Å². The molecule has 0 aliphatic carbocycles. The van der Waals surface area contributed by atoms with E-state index >= 15 is 0 Å². The third-order valence-electron chi connectivity index (χ3n) is 6.35. The summed E-state index contributed by atoms with van der Waals surface area (Å²) in [5.74, 6) is -0.0254. The van der Waals surface area contributed by atoms with Gasteiger partial charge in [-0.2, -0.15) is 0 Å². The number of rotatable bonds is 3. The lowest BCUT2D eigenvalue weighted by Gasteiger charge is -2.33. The van der Waals surface area contributed by atoms with Crippen LogP contribution in [0.1, 0.15) is 33.4 Å². The van der Waals surface area contributed by atoms with E-state index in [1.165, 1.54) is 22.5 Å². The van der Waals surface area contributed by atoms with Gasteiger partial charge in [-0.15, -0.1) is 11.3 Å². The van der Waals surface area contributed by atoms with Crippen LogP contribution in [-0.2, 0) is 4.79 Å². The zero-order valence-corrected chi connectivity index (χ0v) is 20.6. The highest BCUT2D eigenvalue weighted by atomic mass is 32.1. The first-order chi connectivity index (χ1) is 16.3. The normalized spacial score (nSPS) is 17.8. The standard InChI is InChI=1S/C25H28N6O2S/c1-15-11-16(2)13-19(12-15)27-25-26-14-18-5-6-20-22(21(18)29(25)4)34-23(28-20)24(33)31-9-7-30(8-10-31)17(3)32/h5-6,11-14,25,27H,7-10H2,1-4H3. The average Bonchev–Trinajstić information content (AvgIpc) is 3.24. The molecule has 1 saturated heterocycles. The molecular weight excluding hydrogens is 448 g/mol. The lowest BCUT2D eigenvalue weighted by molar-refractivity contribution is -0.130. The van der Waals surface area contributed by atoms with E-state index in [1.807, 2.05) is 25.4 Å². The van der Waals surface area contributed by atoms with Gasteiger partial charge in [0.15, 0.2) is 11.3 Å². The van der Waals surface area contributed by atoms with Crippen LogP contribution in [0.2, 0.25) is 0 Å². The van der Waals surface area contributed by atoms with Gasteiger partial charge < -0.3 is 20.0 Å². The van der Waals surface area contributed by atoms with Crippen molar-refractivity contribution in [3.05, 3.63) is 52.0 Å². The average molecular weight is 477 g/mol. The topological polar surface area (TPSA) is 81.1 Å². The van der Waals surface area contributed by atoms with E-state index in [9.17, 15) is 9.59 Å². The Morgan fingerprint density at radius 2 is 1.71 bits per heavy atom. The minimum atomic E-state index is -0.264. The number of piperazine rings is 1. The molecule has 176 valence electrons. The van der Waals surface area contributed by atoms with Crippen LogP contribution >= 0.6 is 11.3 Å². The largest absolute Gasteiger partial charge is 0.347 e. The molecule has 5 rings (SSSR count). The molecular formula is C25H28N6O2S. The fourth-order valence-corrected chi connectivity index (χ4v) is 5.76. The number of thiazole rings is 1. The number of hydrogen-bond donors (Lipinski definition) is 1. The van der Waals surface area contributed by atoms with Crippen LogP contribution < -0.4 is 10.2 Å². The molecule has 0 spiro atoms. The smallest absolute Gasteiger partial charge is 0.282 e. The van der Waals surface area contributed by atoms with Crippen molar-refractivity contribution in [3.63, 3.8) is 0 Å². The Hall–Kier alpha value is -3.46. The minimum Gasteiger partial charge on any atom is -0.347 e. The molecule has 34 heavy (non-hydrogen) atoms. The number of aromatic nitrogens is 1. The molecule has 1 unspecified atom stereocenters. The zero-order valence-electron chi connectivity index (χ0n) is 19.8. The molecule has 1 aromatic heterocycles. The van der Waals surface area contributed by atoms with Gasteiger partial charge in [0.05, 0.1) is 15.9 Å². The van der Waals surface area contributed by atoms with Gasteiger partial charge in [0.1, 0.15) is 0 Å². The van der Waals surface area contributed by atoms with Gasteiger partial charge in [0.2, 0.25) is 5.91 Å². The first kappa shape index (κ1) is 22.3. The van der Waals surface area contributed by atoms with Crippen LogP contribution in [0.15, 0.2) is 35.3 Å². The minimum absolute atomic E-state index is 0.0485. The third-order valence-corrected chi connectivity index (χ3v) is 7.42. The number of hydrogen-bond acceptors (Lipinski definition) is 7. The summed E-state index contributed by atoms with van der Waals surface area (Å²) in [5.41, 5.74) is 6.25. The van der Waals surface area contributed by atoms with Crippen molar-refractivity contribution in [1.29, 1.82) is 0 Å². The fourth-order valence-electron chi connectivity index (χ4n) is 4.63. The zero-order chi connectivity index (χ0) is 24.0. The molecule has 0 saturated carbocycles. The molecule has 1 atom stereocenters. The Kier molecular flexibility index (Phi) is 5.73. The maximum absolute atomic E-state index is 13.2. The number of benzene rings is 2. The van der Waals surface area contributed by atoms with Crippen molar-refractivity contribution in [2.24, 2.45) is 4.99 Å². The van der Waals surface area contributed by atoms with E-state index in [0.29, 0.717) is 31.2 Å². The number of anilines is 2. The van der Waals surface area contributed by atoms with Gasteiger partial charge in [0.25, 0.3) is 5.91 Å². The van der Waals surface area contributed by atoms with E-state index in [2.05, 4.69) is 47.2 Å². The van der Waals surface area contributed by atoms with Crippen LogP contribution in [0.25, 0.3) is 10.2 Å². The lowest BCUT2D eigenvalue weighted by atomic mass is 10.1. The predicted molar refractivity (Wildman–Crippen MR) is 137 cm³/mol. The highest BCUT2D eigenvalue weighted by Gasteiger charge is 2.28. The summed E-state index contributed by atoms with van der Waals surface area (Å²) in [6, 6.07) is 10.3. The summed E-state index contributed by atoms with van der Waals surface area (Å²) in [5, 5.41) is 4.00. The van der Waals surface area contributed by atoms with Crippen LogP contribution in [0.4, 0.5) is 11.4 Å². The Bertz CT molecular complexity index is 1290. The van der Waals surface area contributed by atoms with E-state index in [4.69, 9.17) is 4.99 Å². The van der Waals surface area contributed by atoms with E-state index in [-0.39, 0.29) is 18.1 Å². The number of aliphatic imine (C=N–C) groups is 1. The molecule has 1 N–H and O–H groups in total. The number of amides is 2.